The first-order valence-electron chi connectivity index (χ1n) is 4.48. The number of fused-ring (bicyclic) bond motifs is 1. The van der Waals surface area contributed by atoms with Crippen molar-refractivity contribution >= 4 is 29.0 Å². The zero-order valence-electron chi connectivity index (χ0n) is 8.05. The molecule has 15 heavy (non-hydrogen) atoms. The molecule has 0 saturated heterocycles. The molecular weight excluding hydrogens is 231 g/mol. The van der Waals surface area contributed by atoms with Gasteiger partial charge in [-0.3, -0.25) is 4.79 Å². The minimum Gasteiger partial charge on any atom is -0.295 e. The topological polar surface area (TPSA) is 17.1 Å². The van der Waals surface area contributed by atoms with Crippen LogP contribution in [0.5, 0.6) is 0 Å². The summed E-state index contributed by atoms with van der Waals surface area (Å²) in [5, 5.41) is 1.19. The van der Waals surface area contributed by atoms with Crippen LogP contribution in [0.4, 0.5) is 0 Å². The lowest BCUT2D eigenvalue weighted by Crippen LogP contribution is -1.88. The molecule has 0 bridgehead atoms. The van der Waals surface area contributed by atoms with Crippen LogP contribution in [0.2, 0.25) is 10.0 Å². The average molecular weight is 239 g/mol. The van der Waals surface area contributed by atoms with E-state index in [1.807, 2.05) is 6.07 Å². The van der Waals surface area contributed by atoms with Crippen molar-refractivity contribution in [2.75, 3.05) is 0 Å². The van der Waals surface area contributed by atoms with Gasteiger partial charge < -0.3 is 0 Å². The van der Waals surface area contributed by atoms with Crippen LogP contribution < -0.4 is 0 Å². The van der Waals surface area contributed by atoms with Crippen LogP contribution >= 0.6 is 23.2 Å². The largest absolute Gasteiger partial charge is 0.295 e. The maximum atomic E-state index is 11.3. The first-order valence-corrected chi connectivity index (χ1v) is 5.24. The van der Waals surface area contributed by atoms with E-state index in [-0.39, 0.29) is 5.78 Å². The van der Waals surface area contributed by atoms with Gasteiger partial charge in [0.25, 0.3) is 0 Å². The van der Waals surface area contributed by atoms with E-state index in [1.165, 1.54) is 6.92 Å². The van der Waals surface area contributed by atoms with Gasteiger partial charge in [0.15, 0.2) is 5.78 Å². The predicted molar refractivity (Wildman–Crippen MR) is 63.1 cm³/mol. The van der Waals surface area contributed by atoms with Crippen LogP contribution in [-0.4, -0.2) is 5.78 Å². The average Bonchev–Trinajstić information content (AvgIpc) is 2.41. The van der Waals surface area contributed by atoms with Crippen molar-refractivity contribution in [2.45, 2.75) is 6.92 Å². The Balaban J connectivity index is 2.73. The molecule has 0 unspecified atom stereocenters. The van der Waals surface area contributed by atoms with Gasteiger partial charge in [-0.15, -0.1) is 0 Å². The van der Waals surface area contributed by atoms with E-state index in [1.54, 1.807) is 24.3 Å². The van der Waals surface area contributed by atoms with Gasteiger partial charge in [-0.1, -0.05) is 41.4 Å². The molecule has 0 atom stereocenters. The number of hydrogen-bond acceptors (Lipinski definition) is 1. The molecule has 0 saturated carbocycles. The molecule has 0 amide bonds. The minimum atomic E-state index is 0.0147. The summed E-state index contributed by atoms with van der Waals surface area (Å²) in [6.45, 7) is 1.53. The summed E-state index contributed by atoms with van der Waals surface area (Å²) in [5.41, 5.74) is 2.32. The third-order valence-electron chi connectivity index (χ3n) is 2.30. The smallest absolute Gasteiger partial charge is 0.159 e. The van der Waals surface area contributed by atoms with Crippen molar-refractivity contribution in [1.29, 1.82) is 0 Å². The lowest BCUT2D eigenvalue weighted by atomic mass is 10.1. The van der Waals surface area contributed by atoms with Gasteiger partial charge in [-0.05, 0) is 19.1 Å². The highest BCUT2D eigenvalue weighted by Gasteiger charge is 2.13. The summed E-state index contributed by atoms with van der Waals surface area (Å²) in [6, 6.07) is 8.88. The molecule has 2 aliphatic carbocycles. The van der Waals surface area contributed by atoms with Crippen LogP contribution in [0.3, 0.4) is 0 Å². The number of rotatable bonds is 1. The fourth-order valence-corrected chi connectivity index (χ4v) is 2.11. The van der Waals surface area contributed by atoms with Gasteiger partial charge in [0.05, 0.1) is 0 Å². The van der Waals surface area contributed by atoms with Crippen molar-refractivity contribution in [1.82, 2.24) is 0 Å². The van der Waals surface area contributed by atoms with Gasteiger partial charge in [-0.25, -0.2) is 0 Å². The van der Waals surface area contributed by atoms with Crippen molar-refractivity contribution in [3.8, 4) is 11.1 Å². The summed E-state index contributed by atoms with van der Waals surface area (Å²) in [7, 11) is 0. The Hall–Kier alpha value is -1.05. The highest BCUT2D eigenvalue weighted by atomic mass is 35.5. The highest BCUT2D eigenvalue weighted by Crippen LogP contribution is 2.38. The number of ketones is 1. The van der Waals surface area contributed by atoms with Crippen LogP contribution in [0.25, 0.3) is 11.1 Å². The molecule has 0 aliphatic heterocycles. The summed E-state index contributed by atoms with van der Waals surface area (Å²) in [6.07, 6.45) is 0. The molecule has 76 valence electrons. The van der Waals surface area contributed by atoms with Crippen molar-refractivity contribution < 1.29 is 4.79 Å². The molecule has 0 fully saturated rings. The maximum Gasteiger partial charge on any atom is 0.159 e. The molecule has 0 N–H and O–H groups in total. The third kappa shape index (κ3) is 1.85. The molecular formula is C12H8Cl2O. The molecule has 1 nitrogen and oxygen atoms in total. The van der Waals surface area contributed by atoms with Gasteiger partial charge in [-0.2, -0.15) is 0 Å². The Morgan fingerprint density at radius 2 is 1.73 bits per heavy atom. The third-order valence-corrected chi connectivity index (χ3v) is 2.93. The second-order valence-corrected chi connectivity index (χ2v) is 4.16. The first kappa shape index (κ1) is 10.5. The Bertz CT molecular complexity index is 505. The van der Waals surface area contributed by atoms with Gasteiger partial charge >= 0.3 is 0 Å². The van der Waals surface area contributed by atoms with E-state index in [0.29, 0.717) is 15.6 Å². The molecule has 2 aliphatic rings. The van der Waals surface area contributed by atoms with E-state index < -0.39 is 0 Å². The van der Waals surface area contributed by atoms with Crippen LogP contribution in [0.1, 0.15) is 17.3 Å². The Labute approximate surface area is 98.0 Å². The zero-order chi connectivity index (χ0) is 11.0. The molecule has 3 heteroatoms. The Morgan fingerprint density at radius 3 is 2.40 bits per heavy atom. The van der Waals surface area contributed by atoms with Gasteiger partial charge in [0.2, 0.25) is 0 Å². The second-order valence-electron chi connectivity index (χ2n) is 3.35. The fraction of sp³-hybridized carbons (Fsp3) is 0.0833. The number of Topliss-reactive ketones (excluding diaryl/α,β-unsaturated/α-hetero) is 1. The van der Waals surface area contributed by atoms with E-state index in [4.69, 9.17) is 23.2 Å². The quantitative estimate of drug-likeness (QED) is 0.678. The van der Waals surface area contributed by atoms with Gasteiger partial charge in [0.1, 0.15) is 0 Å². The predicted octanol–water partition coefficient (Wildman–Crippen LogP) is 4.30. The SMILES string of the molecule is CC(=O)c1cccc2c(Cl)cc(Cl)c-2c1. The summed E-state index contributed by atoms with van der Waals surface area (Å²) < 4.78 is 0. The number of halogens is 2. The van der Waals surface area contributed by atoms with E-state index in [0.717, 1.165) is 11.1 Å². The normalized spacial score (nSPS) is 10.6. The molecule has 0 heterocycles. The Kier molecular flexibility index (Phi) is 2.68. The monoisotopic (exact) mass is 238 g/mol. The molecule has 2 rings (SSSR count). The first-order chi connectivity index (χ1) is 7.09. The summed E-state index contributed by atoms with van der Waals surface area (Å²) in [4.78, 5) is 11.3. The van der Waals surface area contributed by atoms with Crippen molar-refractivity contribution in [2.24, 2.45) is 0 Å². The van der Waals surface area contributed by atoms with Crippen LogP contribution in [-0.2, 0) is 0 Å². The van der Waals surface area contributed by atoms with Gasteiger partial charge in [0, 0.05) is 26.7 Å². The van der Waals surface area contributed by atoms with E-state index >= 15 is 0 Å². The van der Waals surface area contributed by atoms with Crippen LogP contribution in [0, 0.1) is 0 Å². The maximum absolute atomic E-state index is 11.3. The van der Waals surface area contributed by atoms with Crippen molar-refractivity contribution in [3.05, 3.63) is 45.9 Å². The summed E-state index contributed by atoms with van der Waals surface area (Å²) >= 11 is 12.0. The minimum absolute atomic E-state index is 0.0147. The van der Waals surface area contributed by atoms with E-state index in [9.17, 15) is 4.79 Å². The molecule has 0 aromatic rings. The molecule has 0 aromatic heterocycles. The second kappa shape index (κ2) is 3.84. The lowest BCUT2D eigenvalue weighted by Gasteiger charge is -1.94. The molecule has 0 spiro atoms. The Morgan fingerprint density at radius 1 is 1.07 bits per heavy atom. The van der Waals surface area contributed by atoms with Crippen LogP contribution in [0.15, 0.2) is 30.3 Å². The molecule has 0 radical (unpaired) electrons. The number of carbonyl (C=O) groups excluding carboxylic acids is 1. The number of carbonyl (C=O) groups is 1. The van der Waals surface area contributed by atoms with E-state index in [2.05, 4.69) is 0 Å². The standard InChI is InChI=1S/C12H8Cl2O/c1-7(15)8-3-2-4-9-10(5-8)12(14)6-11(9)13/h2-6H,1H3. The summed E-state index contributed by atoms with van der Waals surface area (Å²) in [5.74, 6) is 0.0147. The fourth-order valence-electron chi connectivity index (χ4n) is 1.51. The molecule has 0 aromatic carbocycles. The zero-order valence-corrected chi connectivity index (χ0v) is 9.56. The highest BCUT2D eigenvalue weighted by molar-refractivity contribution is 6.40. The lowest BCUT2D eigenvalue weighted by molar-refractivity contribution is 0.101. The number of hydrogen-bond donors (Lipinski definition) is 0. The van der Waals surface area contributed by atoms with Crippen molar-refractivity contribution in [3.63, 3.8) is 0 Å².